The smallest absolute Gasteiger partial charge is 0.0752 e. The Bertz CT molecular complexity index is 313. The fraction of sp³-hybridized carbons (Fsp3) is 1.00. The standard InChI is InChI=1S/C19H35NO/c1-3-20-18(13-17-12-14-9-10-16(17)11-14)19(21-2)15-7-5-4-6-8-15/h14-20H,3-13H2,1-2H3. The molecule has 0 heterocycles. The van der Waals surface area contributed by atoms with Crippen molar-refractivity contribution in [3.05, 3.63) is 0 Å². The molecule has 0 aromatic carbocycles. The molecular formula is C19H35NO. The highest BCUT2D eigenvalue weighted by Crippen LogP contribution is 2.50. The summed E-state index contributed by atoms with van der Waals surface area (Å²) in [4.78, 5) is 0. The van der Waals surface area contributed by atoms with Crippen molar-refractivity contribution in [1.29, 1.82) is 0 Å². The predicted octanol–water partition coefficient (Wildman–Crippen LogP) is 4.39. The second-order valence-corrected chi connectivity index (χ2v) is 7.93. The number of ether oxygens (including phenoxy) is 1. The summed E-state index contributed by atoms with van der Waals surface area (Å²) < 4.78 is 6.03. The minimum absolute atomic E-state index is 0.448. The lowest BCUT2D eigenvalue weighted by Gasteiger charge is -2.37. The first kappa shape index (κ1) is 15.8. The number of fused-ring (bicyclic) bond motifs is 2. The third-order valence-electron chi connectivity index (χ3n) is 6.69. The van der Waals surface area contributed by atoms with Crippen LogP contribution in [0.4, 0.5) is 0 Å². The summed E-state index contributed by atoms with van der Waals surface area (Å²) in [6, 6.07) is 0.590. The van der Waals surface area contributed by atoms with Crippen molar-refractivity contribution in [2.24, 2.45) is 23.7 Å². The molecule has 3 fully saturated rings. The molecule has 0 aliphatic heterocycles. The fourth-order valence-corrected chi connectivity index (χ4v) is 5.74. The Kier molecular flexibility index (Phi) is 5.61. The lowest BCUT2D eigenvalue weighted by Crippen LogP contribution is -2.47. The molecule has 2 heteroatoms. The molecule has 3 saturated carbocycles. The van der Waals surface area contributed by atoms with Gasteiger partial charge in [-0.3, -0.25) is 0 Å². The van der Waals surface area contributed by atoms with Crippen LogP contribution in [-0.2, 0) is 4.74 Å². The van der Waals surface area contributed by atoms with Gasteiger partial charge in [-0.05, 0) is 68.7 Å². The second kappa shape index (κ2) is 7.46. The summed E-state index contributed by atoms with van der Waals surface area (Å²) in [5, 5.41) is 3.79. The van der Waals surface area contributed by atoms with Gasteiger partial charge in [-0.2, -0.15) is 0 Å². The zero-order valence-electron chi connectivity index (χ0n) is 14.2. The molecule has 21 heavy (non-hydrogen) atoms. The summed E-state index contributed by atoms with van der Waals surface area (Å²) in [5.74, 6) is 3.89. The number of nitrogens with one attached hydrogen (secondary N) is 1. The van der Waals surface area contributed by atoms with Crippen LogP contribution in [0.25, 0.3) is 0 Å². The van der Waals surface area contributed by atoms with Gasteiger partial charge in [0.25, 0.3) is 0 Å². The maximum atomic E-state index is 6.03. The van der Waals surface area contributed by atoms with E-state index in [2.05, 4.69) is 12.2 Å². The quantitative estimate of drug-likeness (QED) is 0.752. The summed E-state index contributed by atoms with van der Waals surface area (Å²) in [6.45, 7) is 3.33. The van der Waals surface area contributed by atoms with E-state index in [1.165, 1.54) is 64.2 Å². The van der Waals surface area contributed by atoms with Gasteiger partial charge < -0.3 is 10.1 Å². The van der Waals surface area contributed by atoms with Crippen LogP contribution in [-0.4, -0.2) is 25.8 Å². The van der Waals surface area contributed by atoms with Gasteiger partial charge in [-0.15, -0.1) is 0 Å². The van der Waals surface area contributed by atoms with Crippen molar-refractivity contribution in [3.63, 3.8) is 0 Å². The predicted molar refractivity (Wildman–Crippen MR) is 88.4 cm³/mol. The Morgan fingerprint density at radius 2 is 1.86 bits per heavy atom. The molecule has 0 aromatic heterocycles. The zero-order chi connectivity index (χ0) is 14.7. The summed E-state index contributed by atoms with van der Waals surface area (Å²) >= 11 is 0. The van der Waals surface area contributed by atoms with E-state index in [0.717, 1.165) is 30.2 Å². The molecule has 0 saturated heterocycles. The number of hydrogen-bond donors (Lipinski definition) is 1. The van der Waals surface area contributed by atoms with Crippen molar-refractivity contribution in [2.75, 3.05) is 13.7 Å². The molecule has 0 radical (unpaired) electrons. The number of methoxy groups -OCH3 is 1. The largest absolute Gasteiger partial charge is 0.380 e. The van der Waals surface area contributed by atoms with Gasteiger partial charge in [0.05, 0.1) is 6.10 Å². The van der Waals surface area contributed by atoms with Crippen LogP contribution in [0.3, 0.4) is 0 Å². The van der Waals surface area contributed by atoms with Gasteiger partial charge in [0.1, 0.15) is 0 Å². The first-order valence-electron chi connectivity index (χ1n) is 9.58. The lowest BCUT2D eigenvalue weighted by atomic mass is 9.77. The highest BCUT2D eigenvalue weighted by Gasteiger charge is 2.41. The van der Waals surface area contributed by atoms with Crippen molar-refractivity contribution < 1.29 is 4.74 Å². The molecule has 0 aromatic rings. The summed E-state index contributed by atoms with van der Waals surface area (Å²) in [5.41, 5.74) is 0. The maximum absolute atomic E-state index is 6.03. The average Bonchev–Trinajstić information content (AvgIpc) is 3.12. The molecule has 1 N–H and O–H groups in total. The molecule has 5 unspecified atom stereocenters. The number of likely N-dealkylation sites (N-methyl/N-ethyl adjacent to an activating group) is 1. The highest BCUT2D eigenvalue weighted by atomic mass is 16.5. The SMILES string of the molecule is CCNC(CC1CC2CCC1C2)C(OC)C1CCCCC1. The molecule has 5 atom stereocenters. The van der Waals surface area contributed by atoms with Crippen LogP contribution >= 0.6 is 0 Å². The van der Waals surface area contributed by atoms with Crippen LogP contribution in [0.2, 0.25) is 0 Å². The van der Waals surface area contributed by atoms with Crippen molar-refractivity contribution in [3.8, 4) is 0 Å². The van der Waals surface area contributed by atoms with Gasteiger partial charge in [-0.1, -0.05) is 32.6 Å². The molecular weight excluding hydrogens is 258 g/mol. The Labute approximate surface area is 131 Å². The normalized spacial score (nSPS) is 36.0. The summed E-state index contributed by atoms with van der Waals surface area (Å²) in [7, 11) is 1.95. The van der Waals surface area contributed by atoms with E-state index in [-0.39, 0.29) is 0 Å². The van der Waals surface area contributed by atoms with Gasteiger partial charge in [0, 0.05) is 13.2 Å². The van der Waals surface area contributed by atoms with E-state index < -0.39 is 0 Å². The monoisotopic (exact) mass is 293 g/mol. The van der Waals surface area contributed by atoms with Crippen LogP contribution in [0.5, 0.6) is 0 Å². The van der Waals surface area contributed by atoms with Crippen LogP contribution in [0.15, 0.2) is 0 Å². The Morgan fingerprint density at radius 3 is 2.43 bits per heavy atom. The summed E-state index contributed by atoms with van der Waals surface area (Å²) in [6.07, 6.45) is 14.9. The maximum Gasteiger partial charge on any atom is 0.0752 e. The van der Waals surface area contributed by atoms with Gasteiger partial charge in [0.2, 0.25) is 0 Å². The first-order valence-corrected chi connectivity index (χ1v) is 9.58. The molecule has 122 valence electrons. The third-order valence-corrected chi connectivity index (χ3v) is 6.69. The molecule has 0 amide bonds. The number of hydrogen-bond acceptors (Lipinski definition) is 2. The highest BCUT2D eigenvalue weighted by molar-refractivity contribution is 4.94. The Hall–Kier alpha value is -0.0800. The molecule has 2 bridgehead atoms. The third kappa shape index (κ3) is 3.64. The van der Waals surface area contributed by atoms with Crippen LogP contribution < -0.4 is 5.32 Å². The first-order chi connectivity index (χ1) is 10.3. The van der Waals surface area contributed by atoms with Crippen molar-refractivity contribution in [1.82, 2.24) is 5.32 Å². The molecule has 3 aliphatic carbocycles. The topological polar surface area (TPSA) is 21.3 Å². The number of rotatable bonds is 7. The van der Waals surface area contributed by atoms with E-state index in [0.29, 0.717) is 12.1 Å². The van der Waals surface area contributed by atoms with Gasteiger partial charge >= 0.3 is 0 Å². The van der Waals surface area contributed by atoms with Crippen molar-refractivity contribution in [2.45, 2.75) is 83.3 Å². The lowest BCUT2D eigenvalue weighted by molar-refractivity contribution is 0.000182. The van der Waals surface area contributed by atoms with Gasteiger partial charge in [0.15, 0.2) is 0 Å². The molecule has 3 rings (SSSR count). The Balaban J connectivity index is 1.61. The van der Waals surface area contributed by atoms with E-state index in [9.17, 15) is 0 Å². The van der Waals surface area contributed by atoms with Crippen molar-refractivity contribution >= 4 is 0 Å². The fourth-order valence-electron chi connectivity index (χ4n) is 5.74. The average molecular weight is 293 g/mol. The second-order valence-electron chi connectivity index (χ2n) is 7.93. The van der Waals surface area contributed by atoms with Crippen LogP contribution in [0, 0.1) is 23.7 Å². The minimum Gasteiger partial charge on any atom is -0.380 e. The Morgan fingerprint density at radius 1 is 1.05 bits per heavy atom. The minimum atomic E-state index is 0.448. The molecule has 0 spiro atoms. The van der Waals surface area contributed by atoms with Gasteiger partial charge in [-0.25, -0.2) is 0 Å². The molecule has 2 nitrogen and oxygen atoms in total. The molecule has 3 aliphatic rings. The van der Waals surface area contributed by atoms with Crippen LogP contribution in [0.1, 0.15) is 71.1 Å². The van der Waals surface area contributed by atoms with E-state index >= 15 is 0 Å². The van der Waals surface area contributed by atoms with E-state index in [1.54, 1.807) is 0 Å². The van der Waals surface area contributed by atoms with E-state index in [1.807, 2.05) is 7.11 Å². The van der Waals surface area contributed by atoms with E-state index in [4.69, 9.17) is 4.74 Å². The zero-order valence-corrected chi connectivity index (χ0v) is 14.2.